The van der Waals surface area contributed by atoms with E-state index in [2.05, 4.69) is 68.2 Å². The van der Waals surface area contributed by atoms with Crippen LogP contribution in [0.5, 0.6) is 0 Å². The van der Waals surface area contributed by atoms with Gasteiger partial charge < -0.3 is 15.1 Å². The van der Waals surface area contributed by atoms with E-state index in [9.17, 15) is 23.3 Å². The number of nitrogens with zero attached hydrogens (tertiary/aromatic N) is 4. The normalized spacial score (nSPS) is 18.2. The summed E-state index contributed by atoms with van der Waals surface area (Å²) in [5.74, 6) is 0.109. The lowest BCUT2D eigenvalue weighted by atomic mass is 9.97. The van der Waals surface area contributed by atoms with E-state index in [1.165, 1.54) is 23.3 Å². The highest BCUT2D eigenvalue weighted by atomic mass is 35.5. The summed E-state index contributed by atoms with van der Waals surface area (Å²) in [5, 5.41) is 16.4. The molecule has 1 amide bonds. The first kappa shape index (κ1) is 42.2. The molecule has 1 saturated heterocycles. The van der Waals surface area contributed by atoms with Crippen LogP contribution in [0.2, 0.25) is 5.02 Å². The van der Waals surface area contributed by atoms with Crippen molar-refractivity contribution in [3.05, 3.63) is 148 Å². The topological polar surface area (TPSA) is 128 Å². The van der Waals surface area contributed by atoms with Crippen molar-refractivity contribution >= 4 is 56.4 Å². The van der Waals surface area contributed by atoms with Gasteiger partial charge in [0.25, 0.3) is 21.6 Å². The molecular weight excluding hydrogens is 804 g/mol. The fraction of sp³-hybridized carbons (Fsp3) is 0.311. The highest BCUT2D eigenvalue weighted by molar-refractivity contribution is 7.99. The average Bonchev–Trinajstić information content (AvgIpc) is 3.90. The zero-order chi connectivity index (χ0) is 41.7. The number of carbonyl (C=O) groups excluding carboxylic acids is 1. The van der Waals surface area contributed by atoms with E-state index in [0.717, 1.165) is 67.7 Å². The molecule has 2 fully saturated rings. The Morgan fingerprint density at radius 1 is 0.915 bits per heavy atom. The molecule has 0 radical (unpaired) electrons. The van der Waals surface area contributed by atoms with Crippen molar-refractivity contribution in [2.24, 2.45) is 5.92 Å². The van der Waals surface area contributed by atoms with Gasteiger partial charge in [-0.15, -0.1) is 11.8 Å². The fourth-order valence-corrected chi connectivity index (χ4v) is 10.3. The van der Waals surface area contributed by atoms with Gasteiger partial charge in [0.15, 0.2) is 0 Å². The fourth-order valence-electron chi connectivity index (χ4n) is 7.95. The summed E-state index contributed by atoms with van der Waals surface area (Å²) in [6.45, 7) is 3.28. The molecule has 7 rings (SSSR count). The molecule has 59 heavy (non-hydrogen) atoms. The number of rotatable bonds is 16. The van der Waals surface area contributed by atoms with Crippen LogP contribution in [-0.2, 0) is 16.6 Å². The Balaban J connectivity index is 0.958. The number of hydrogen-bond donors (Lipinski definition) is 2. The number of amides is 1. The van der Waals surface area contributed by atoms with E-state index < -0.39 is 26.4 Å². The van der Waals surface area contributed by atoms with Crippen molar-refractivity contribution in [1.82, 2.24) is 14.5 Å². The summed E-state index contributed by atoms with van der Waals surface area (Å²) in [6.07, 6.45) is 2.74. The van der Waals surface area contributed by atoms with Crippen LogP contribution in [0, 0.1) is 16.0 Å². The average molecular weight is 854 g/mol. The summed E-state index contributed by atoms with van der Waals surface area (Å²) >= 11 is 7.81. The van der Waals surface area contributed by atoms with Crippen LogP contribution in [0.25, 0.3) is 11.1 Å². The molecule has 2 aliphatic rings. The number of nitro groups is 1. The lowest BCUT2D eigenvalue weighted by molar-refractivity contribution is -0.384. The number of nitro benzene ring substituents is 1. The molecule has 5 aromatic rings. The van der Waals surface area contributed by atoms with Crippen LogP contribution >= 0.6 is 23.4 Å². The summed E-state index contributed by atoms with van der Waals surface area (Å²) in [4.78, 5) is 32.5. The lowest BCUT2D eigenvalue weighted by Gasteiger charge is -2.38. The molecule has 2 N–H and O–H groups in total. The molecule has 0 aromatic heterocycles. The second-order valence-corrected chi connectivity index (χ2v) is 18.9. The van der Waals surface area contributed by atoms with Gasteiger partial charge >= 0.3 is 0 Å². The van der Waals surface area contributed by atoms with E-state index in [0.29, 0.717) is 16.8 Å². The minimum Gasteiger partial charge on any atom is -0.373 e. The van der Waals surface area contributed by atoms with Crippen LogP contribution in [0.15, 0.2) is 131 Å². The summed E-state index contributed by atoms with van der Waals surface area (Å²) in [6, 6.07) is 37.4. The number of halogens is 1. The van der Waals surface area contributed by atoms with Gasteiger partial charge in [-0.05, 0) is 124 Å². The predicted octanol–water partition coefficient (Wildman–Crippen LogP) is 8.66. The lowest BCUT2D eigenvalue weighted by Crippen LogP contribution is -2.43. The molecule has 1 aliphatic heterocycles. The smallest absolute Gasteiger partial charge is 0.293 e. The molecule has 11 nitrogen and oxygen atoms in total. The molecule has 14 heteroatoms. The Morgan fingerprint density at radius 2 is 1.59 bits per heavy atom. The third-order valence-electron chi connectivity index (χ3n) is 11.3. The van der Waals surface area contributed by atoms with Crippen molar-refractivity contribution in [3.8, 4) is 11.1 Å². The van der Waals surface area contributed by atoms with E-state index >= 15 is 0 Å². The summed E-state index contributed by atoms with van der Waals surface area (Å²) in [7, 11) is 1.72. The number of hydrogen-bond acceptors (Lipinski definition) is 10. The third-order valence-corrected chi connectivity index (χ3v) is 14.2. The largest absolute Gasteiger partial charge is 0.373 e. The van der Waals surface area contributed by atoms with E-state index in [1.54, 1.807) is 23.9 Å². The van der Waals surface area contributed by atoms with Crippen LogP contribution < -0.4 is 14.9 Å². The van der Waals surface area contributed by atoms with Crippen LogP contribution in [0.1, 0.15) is 35.2 Å². The molecule has 308 valence electrons. The highest BCUT2D eigenvalue weighted by Crippen LogP contribution is 2.50. The van der Waals surface area contributed by atoms with E-state index in [4.69, 9.17) is 11.6 Å². The zero-order valence-electron chi connectivity index (χ0n) is 33.4. The second kappa shape index (κ2) is 18.1. The highest BCUT2D eigenvalue weighted by Gasteiger charge is 2.54. The number of benzene rings is 5. The molecule has 2 atom stereocenters. The maximum Gasteiger partial charge on any atom is 0.293 e. The van der Waals surface area contributed by atoms with Gasteiger partial charge in [0.05, 0.1) is 15.4 Å². The van der Waals surface area contributed by atoms with E-state index in [-0.39, 0.29) is 27.8 Å². The van der Waals surface area contributed by atoms with Gasteiger partial charge in [0.1, 0.15) is 5.69 Å². The van der Waals surface area contributed by atoms with Crippen LogP contribution in [0.3, 0.4) is 0 Å². The number of piperidine rings is 1. The molecule has 2 unspecified atom stereocenters. The Bertz CT molecular complexity index is 2380. The molecule has 1 aliphatic carbocycles. The zero-order valence-corrected chi connectivity index (χ0v) is 35.8. The first-order valence-electron chi connectivity index (χ1n) is 19.7. The maximum atomic E-state index is 13.4. The quantitative estimate of drug-likeness (QED) is 0.0566. The summed E-state index contributed by atoms with van der Waals surface area (Å²) < 4.78 is 29.0. The van der Waals surface area contributed by atoms with Gasteiger partial charge in [-0.3, -0.25) is 19.8 Å². The Kier molecular flexibility index (Phi) is 13.0. The number of thioether (sulfide) groups is 1. The molecule has 1 saturated carbocycles. The van der Waals surface area contributed by atoms with E-state index in [1.807, 2.05) is 68.7 Å². The van der Waals surface area contributed by atoms with Gasteiger partial charge in [-0.2, -0.15) is 0 Å². The van der Waals surface area contributed by atoms with Crippen molar-refractivity contribution < 1.29 is 18.1 Å². The Morgan fingerprint density at radius 3 is 2.27 bits per heavy atom. The van der Waals surface area contributed by atoms with Crippen LogP contribution in [-0.4, -0.2) is 87.2 Å². The summed E-state index contributed by atoms with van der Waals surface area (Å²) in [5.41, 5.74) is 4.16. The molecular formula is C45H49ClN6O5S2. The molecule has 1 heterocycles. The first-order chi connectivity index (χ1) is 28.3. The number of nitrogens with one attached hydrogen (secondary N) is 2. The standard InChI is InChI=1S/C45H49ClN6O5S2/c1-49(2)30-35-28-45(35,31-58-39-10-5-4-6-11-39)47-42-22-21-40(27-43(42)52(54)55)59(56,57)48-44(53)33-15-19-38(20-16-33)51-25-23-37(24-26-51)50(3)29-34-9-7-8-12-41(34)32-13-17-36(46)18-14-32/h4-22,27,35,37,47H,23-26,28-31H2,1-3H3,(H,48,53). The van der Waals surface area contributed by atoms with Crippen molar-refractivity contribution in [2.75, 3.05) is 56.7 Å². The van der Waals surface area contributed by atoms with Crippen molar-refractivity contribution in [3.63, 3.8) is 0 Å². The van der Waals surface area contributed by atoms with Crippen molar-refractivity contribution in [2.45, 2.75) is 47.2 Å². The van der Waals surface area contributed by atoms with Gasteiger partial charge in [-0.25, -0.2) is 13.1 Å². The Hall–Kier alpha value is -4.92. The second-order valence-electron chi connectivity index (χ2n) is 15.8. The Labute approximate surface area is 356 Å². The van der Waals surface area contributed by atoms with Gasteiger partial charge in [0.2, 0.25) is 0 Å². The first-order valence-corrected chi connectivity index (χ1v) is 22.5. The minimum absolute atomic E-state index is 0.164. The molecule has 0 bridgehead atoms. The molecule has 0 spiro atoms. The third kappa shape index (κ3) is 10.3. The monoisotopic (exact) mass is 852 g/mol. The van der Waals surface area contributed by atoms with Gasteiger partial charge in [-0.1, -0.05) is 66.2 Å². The van der Waals surface area contributed by atoms with Gasteiger partial charge in [0, 0.05) is 65.2 Å². The van der Waals surface area contributed by atoms with Crippen LogP contribution in [0.4, 0.5) is 17.1 Å². The maximum absolute atomic E-state index is 13.4. The minimum atomic E-state index is -4.43. The number of sulfonamides is 1. The SMILES string of the molecule is CN(C)CC1CC1(CSc1ccccc1)Nc1ccc(S(=O)(=O)NC(=O)c2ccc(N3CCC(N(C)Cc4ccccc4-c4ccc(Cl)cc4)CC3)cc2)cc1[N+](=O)[O-]. The predicted molar refractivity (Wildman–Crippen MR) is 238 cm³/mol. The van der Waals surface area contributed by atoms with Crippen molar-refractivity contribution in [1.29, 1.82) is 0 Å². The molecule has 5 aromatic carbocycles. The number of carbonyl (C=O) groups is 1. The number of anilines is 2.